The zero-order valence-electron chi connectivity index (χ0n) is 6.46. The molecule has 0 unspecified atom stereocenters. The number of aromatic nitrogens is 3. The number of aromatic amines is 1. The van der Waals surface area contributed by atoms with Gasteiger partial charge in [0.25, 0.3) is 5.91 Å². The third-order valence-corrected chi connectivity index (χ3v) is 1.07. The molecule has 1 aromatic rings. The van der Waals surface area contributed by atoms with Gasteiger partial charge in [0.1, 0.15) is 0 Å². The van der Waals surface area contributed by atoms with Crippen LogP contribution < -0.4 is 5.32 Å². The van der Waals surface area contributed by atoms with Crippen molar-refractivity contribution in [1.29, 1.82) is 0 Å². The van der Waals surface area contributed by atoms with Crippen molar-refractivity contribution in [2.45, 2.75) is 19.9 Å². The zero-order valence-corrected chi connectivity index (χ0v) is 6.46. The smallest absolute Gasteiger partial charge is 0.273 e. The SMILES string of the molecule is CC(C)NC(=O)c1cn[nH]n1. The van der Waals surface area contributed by atoms with Crippen LogP contribution in [0.25, 0.3) is 0 Å². The highest BCUT2D eigenvalue weighted by Gasteiger charge is 2.08. The van der Waals surface area contributed by atoms with E-state index in [1.807, 2.05) is 13.8 Å². The number of amides is 1. The van der Waals surface area contributed by atoms with E-state index in [0.717, 1.165) is 0 Å². The van der Waals surface area contributed by atoms with E-state index in [2.05, 4.69) is 20.7 Å². The molecule has 0 aliphatic rings. The number of nitrogens with one attached hydrogen (secondary N) is 2. The van der Waals surface area contributed by atoms with Gasteiger partial charge in [0.2, 0.25) is 0 Å². The van der Waals surface area contributed by atoms with Gasteiger partial charge in [-0.1, -0.05) is 0 Å². The average molecular weight is 154 g/mol. The summed E-state index contributed by atoms with van der Waals surface area (Å²) >= 11 is 0. The number of hydrogen-bond acceptors (Lipinski definition) is 3. The Hall–Kier alpha value is -1.39. The van der Waals surface area contributed by atoms with E-state index in [1.54, 1.807) is 0 Å². The largest absolute Gasteiger partial charge is 0.348 e. The number of rotatable bonds is 2. The Labute approximate surface area is 64.2 Å². The first-order chi connectivity index (χ1) is 5.20. The van der Waals surface area contributed by atoms with E-state index < -0.39 is 0 Å². The highest BCUT2D eigenvalue weighted by Crippen LogP contribution is 1.89. The molecule has 0 atom stereocenters. The Morgan fingerprint density at radius 2 is 2.45 bits per heavy atom. The Morgan fingerprint density at radius 3 is 2.91 bits per heavy atom. The van der Waals surface area contributed by atoms with Crippen LogP contribution in [0.3, 0.4) is 0 Å². The molecule has 0 bridgehead atoms. The second kappa shape index (κ2) is 3.14. The van der Waals surface area contributed by atoms with Crippen LogP contribution in [0.1, 0.15) is 24.3 Å². The minimum absolute atomic E-state index is 0.124. The van der Waals surface area contributed by atoms with Crippen molar-refractivity contribution >= 4 is 5.91 Å². The summed E-state index contributed by atoms with van der Waals surface area (Å²) in [5, 5.41) is 12.2. The van der Waals surface area contributed by atoms with Crippen molar-refractivity contribution in [3.63, 3.8) is 0 Å². The van der Waals surface area contributed by atoms with Crippen LogP contribution in [0.4, 0.5) is 0 Å². The summed E-state index contributed by atoms with van der Waals surface area (Å²) in [6.07, 6.45) is 1.39. The summed E-state index contributed by atoms with van der Waals surface area (Å²) in [7, 11) is 0. The van der Waals surface area contributed by atoms with Crippen molar-refractivity contribution < 1.29 is 4.79 Å². The number of carbonyl (C=O) groups excluding carboxylic acids is 1. The lowest BCUT2D eigenvalue weighted by molar-refractivity contribution is 0.0938. The van der Waals surface area contributed by atoms with Crippen molar-refractivity contribution in [3.8, 4) is 0 Å². The zero-order chi connectivity index (χ0) is 8.27. The number of carbonyl (C=O) groups is 1. The topological polar surface area (TPSA) is 70.7 Å². The van der Waals surface area contributed by atoms with Gasteiger partial charge in [-0.25, -0.2) is 0 Å². The van der Waals surface area contributed by atoms with Gasteiger partial charge in [-0.05, 0) is 13.8 Å². The lowest BCUT2D eigenvalue weighted by Crippen LogP contribution is -2.30. The molecule has 1 aromatic heterocycles. The fourth-order valence-electron chi connectivity index (χ4n) is 0.647. The molecule has 0 saturated heterocycles. The lowest BCUT2D eigenvalue weighted by atomic mass is 10.3. The van der Waals surface area contributed by atoms with E-state index in [9.17, 15) is 4.79 Å². The minimum atomic E-state index is -0.200. The molecule has 0 aliphatic heterocycles. The van der Waals surface area contributed by atoms with E-state index in [4.69, 9.17) is 0 Å². The molecule has 1 heterocycles. The molecule has 5 nitrogen and oxygen atoms in total. The van der Waals surface area contributed by atoms with Crippen LogP contribution in [0.5, 0.6) is 0 Å². The molecule has 60 valence electrons. The molecule has 11 heavy (non-hydrogen) atoms. The van der Waals surface area contributed by atoms with E-state index >= 15 is 0 Å². The van der Waals surface area contributed by atoms with Crippen LogP contribution in [-0.4, -0.2) is 27.4 Å². The number of hydrogen-bond donors (Lipinski definition) is 2. The molecule has 1 rings (SSSR count). The summed E-state index contributed by atoms with van der Waals surface area (Å²) in [5.74, 6) is -0.200. The van der Waals surface area contributed by atoms with Crippen molar-refractivity contribution in [3.05, 3.63) is 11.9 Å². The van der Waals surface area contributed by atoms with Crippen LogP contribution >= 0.6 is 0 Å². The Bertz CT molecular complexity index is 229. The fraction of sp³-hybridized carbons (Fsp3) is 0.500. The van der Waals surface area contributed by atoms with Gasteiger partial charge in [-0.15, -0.1) is 0 Å². The Balaban J connectivity index is 2.57. The molecule has 0 radical (unpaired) electrons. The molecule has 0 aliphatic carbocycles. The summed E-state index contributed by atoms with van der Waals surface area (Å²) in [4.78, 5) is 11.1. The molecular weight excluding hydrogens is 144 g/mol. The maximum Gasteiger partial charge on any atom is 0.273 e. The van der Waals surface area contributed by atoms with Gasteiger partial charge < -0.3 is 5.32 Å². The third-order valence-electron chi connectivity index (χ3n) is 1.07. The molecule has 5 heteroatoms. The van der Waals surface area contributed by atoms with Crippen LogP contribution in [-0.2, 0) is 0 Å². The summed E-state index contributed by atoms with van der Waals surface area (Å²) < 4.78 is 0. The predicted molar refractivity (Wildman–Crippen MR) is 39.0 cm³/mol. The summed E-state index contributed by atoms with van der Waals surface area (Å²) in [5.41, 5.74) is 0.318. The molecule has 1 amide bonds. The van der Waals surface area contributed by atoms with Crippen molar-refractivity contribution in [2.24, 2.45) is 0 Å². The third kappa shape index (κ3) is 2.03. The predicted octanol–water partition coefficient (Wildman–Crippen LogP) is -0.0571. The first-order valence-corrected chi connectivity index (χ1v) is 3.37. The highest BCUT2D eigenvalue weighted by molar-refractivity contribution is 5.91. The second-order valence-electron chi connectivity index (χ2n) is 2.48. The number of nitrogens with zero attached hydrogens (tertiary/aromatic N) is 2. The van der Waals surface area contributed by atoms with Crippen LogP contribution in [0.15, 0.2) is 6.20 Å². The van der Waals surface area contributed by atoms with Gasteiger partial charge in [0.15, 0.2) is 5.69 Å². The standard InChI is InChI=1S/C6H10N4O/c1-4(2)8-6(11)5-3-7-10-9-5/h3-4H,1-2H3,(H,8,11)(H,7,9,10). The second-order valence-corrected chi connectivity index (χ2v) is 2.48. The summed E-state index contributed by atoms with van der Waals surface area (Å²) in [6, 6.07) is 0.124. The van der Waals surface area contributed by atoms with Gasteiger partial charge in [0.05, 0.1) is 6.20 Å². The molecule has 0 saturated carbocycles. The van der Waals surface area contributed by atoms with Crippen molar-refractivity contribution in [2.75, 3.05) is 0 Å². The monoisotopic (exact) mass is 154 g/mol. The van der Waals surface area contributed by atoms with E-state index in [1.165, 1.54) is 6.20 Å². The first kappa shape index (κ1) is 7.71. The van der Waals surface area contributed by atoms with Crippen LogP contribution in [0, 0.1) is 0 Å². The Morgan fingerprint density at radius 1 is 1.73 bits per heavy atom. The average Bonchev–Trinajstić information content (AvgIpc) is 2.35. The van der Waals surface area contributed by atoms with Gasteiger partial charge in [0, 0.05) is 6.04 Å². The minimum Gasteiger partial charge on any atom is -0.348 e. The maximum atomic E-state index is 11.1. The van der Waals surface area contributed by atoms with E-state index in [-0.39, 0.29) is 11.9 Å². The maximum absolute atomic E-state index is 11.1. The molecule has 0 fully saturated rings. The number of H-pyrrole nitrogens is 1. The highest BCUT2D eigenvalue weighted by atomic mass is 16.2. The van der Waals surface area contributed by atoms with Crippen LogP contribution in [0.2, 0.25) is 0 Å². The molecule has 2 N–H and O–H groups in total. The normalized spacial score (nSPS) is 10.1. The van der Waals surface area contributed by atoms with E-state index in [0.29, 0.717) is 5.69 Å². The lowest BCUT2D eigenvalue weighted by Gasteiger charge is -2.04. The summed E-state index contributed by atoms with van der Waals surface area (Å²) in [6.45, 7) is 3.77. The molecular formula is C6H10N4O. The Kier molecular flexibility index (Phi) is 2.20. The van der Waals surface area contributed by atoms with Gasteiger partial charge in [-0.2, -0.15) is 15.4 Å². The molecule has 0 aromatic carbocycles. The van der Waals surface area contributed by atoms with Gasteiger partial charge in [-0.3, -0.25) is 4.79 Å². The quantitative estimate of drug-likeness (QED) is 0.627. The first-order valence-electron chi connectivity index (χ1n) is 3.37. The van der Waals surface area contributed by atoms with Gasteiger partial charge >= 0.3 is 0 Å². The molecule has 0 spiro atoms. The van der Waals surface area contributed by atoms with Crippen molar-refractivity contribution in [1.82, 2.24) is 20.7 Å². The fourth-order valence-corrected chi connectivity index (χ4v) is 0.647.